The minimum Gasteiger partial charge on any atom is -0.335 e. The van der Waals surface area contributed by atoms with Gasteiger partial charge in [0.1, 0.15) is 11.2 Å². The standard InChI is InChI=1S/C22H17N9/c1-12-3-4-23-7-16(12)14-5-15-19(29-30-21(15)25-6-14)22-27-17-8-24-9-18(20(17)28-22)31-10-13(2)26-11-31/h3-11H,1-2H3,(H,27,28)(H,25,29,30). The normalized spacial score (nSPS) is 11.5. The molecule has 2 N–H and O–H groups in total. The van der Waals surface area contributed by atoms with E-state index in [1.165, 1.54) is 0 Å². The summed E-state index contributed by atoms with van der Waals surface area (Å²) in [5, 5.41) is 8.38. The first kappa shape index (κ1) is 17.5. The third kappa shape index (κ3) is 2.78. The molecule has 0 saturated heterocycles. The maximum atomic E-state index is 4.84. The van der Waals surface area contributed by atoms with Crippen LogP contribution in [0, 0.1) is 13.8 Å². The molecule has 0 spiro atoms. The number of imidazole rings is 2. The zero-order valence-electron chi connectivity index (χ0n) is 16.8. The Morgan fingerprint density at radius 2 is 1.94 bits per heavy atom. The first-order valence-corrected chi connectivity index (χ1v) is 9.77. The van der Waals surface area contributed by atoms with Gasteiger partial charge in [-0.1, -0.05) is 0 Å². The van der Waals surface area contributed by atoms with Crippen LogP contribution in [0.2, 0.25) is 0 Å². The van der Waals surface area contributed by atoms with Gasteiger partial charge in [-0.3, -0.25) is 15.1 Å². The summed E-state index contributed by atoms with van der Waals surface area (Å²) >= 11 is 0. The number of aromatic nitrogens is 9. The fourth-order valence-electron chi connectivity index (χ4n) is 3.77. The number of nitrogens with zero attached hydrogens (tertiary/aromatic N) is 7. The van der Waals surface area contributed by atoms with Crippen molar-refractivity contribution >= 4 is 22.1 Å². The highest BCUT2D eigenvalue weighted by Gasteiger charge is 2.17. The molecule has 6 aromatic heterocycles. The molecule has 0 bridgehead atoms. The van der Waals surface area contributed by atoms with Crippen molar-refractivity contribution in [2.45, 2.75) is 13.8 Å². The molecule has 0 aliphatic heterocycles. The van der Waals surface area contributed by atoms with Gasteiger partial charge in [-0.25, -0.2) is 15.0 Å². The number of pyridine rings is 3. The molecular formula is C22H17N9. The Kier molecular flexibility index (Phi) is 3.69. The van der Waals surface area contributed by atoms with Crippen molar-refractivity contribution in [2.75, 3.05) is 0 Å². The van der Waals surface area contributed by atoms with Crippen LogP contribution in [-0.4, -0.2) is 44.7 Å². The van der Waals surface area contributed by atoms with Crippen molar-refractivity contribution in [1.82, 2.24) is 44.7 Å². The second-order valence-electron chi connectivity index (χ2n) is 7.45. The fraction of sp³-hybridized carbons (Fsp3) is 0.0909. The van der Waals surface area contributed by atoms with Gasteiger partial charge in [-0.15, -0.1) is 0 Å². The molecule has 0 amide bonds. The van der Waals surface area contributed by atoms with Crippen LogP contribution in [0.3, 0.4) is 0 Å². The quantitative estimate of drug-likeness (QED) is 0.462. The second-order valence-corrected chi connectivity index (χ2v) is 7.45. The summed E-state index contributed by atoms with van der Waals surface area (Å²) in [6.45, 7) is 4.01. The van der Waals surface area contributed by atoms with Crippen LogP contribution in [0.15, 0.2) is 55.6 Å². The van der Waals surface area contributed by atoms with E-state index in [1.54, 1.807) is 24.9 Å². The number of aryl methyl sites for hydroxylation is 2. The van der Waals surface area contributed by atoms with Gasteiger partial charge in [0.05, 0.1) is 41.0 Å². The van der Waals surface area contributed by atoms with Crippen molar-refractivity contribution in [3.8, 4) is 28.3 Å². The Balaban J connectivity index is 1.52. The lowest BCUT2D eigenvalue weighted by molar-refractivity contribution is 1.05. The maximum absolute atomic E-state index is 4.84. The van der Waals surface area contributed by atoms with E-state index >= 15 is 0 Å². The maximum Gasteiger partial charge on any atom is 0.159 e. The third-order valence-electron chi connectivity index (χ3n) is 5.36. The molecule has 0 aromatic carbocycles. The van der Waals surface area contributed by atoms with Crippen molar-refractivity contribution < 1.29 is 0 Å². The molecule has 0 atom stereocenters. The van der Waals surface area contributed by atoms with Crippen molar-refractivity contribution in [1.29, 1.82) is 0 Å². The number of nitrogens with one attached hydrogen (secondary N) is 2. The number of hydrogen-bond acceptors (Lipinski definition) is 6. The lowest BCUT2D eigenvalue weighted by atomic mass is 10.0. The average molecular weight is 407 g/mol. The van der Waals surface area contributed by atoms with Gasteiger partial charge < -0.3 is 9.55 Å². The Morgan fingerprint density at radius 3 is 2.77 bits per heavy atom. The highest BCUT2D eigenvalue weighted by Crippen LogP contribution is 2.30. The van der Waals surface area contributed by atoms with Gasteiger partial charge in [0.25, 0.3) is 0 Å². The van der Waals surface area contributed by atoms with Crippen LogP contribution in [-0.2, 0) is 0 Å². The number of rotatable bonds is 3. The second kappa shape index (κ2) is 6.56. The largest absolute Gasteiger partial charge is 0.335 e. The van der Waals surface area contributed by atoms with E-state index in [-0.39, 0.29) is 0 Å². The van der Waals surface area contributed by atoms with Crippen LogP contribution < -0.4 is 0 Å². The van der Waals surface area contributed by atoms with Crippen LogP contribution in [0.1, 0.15) is 11.3 Å². The van der Waals surface area contributed by atoms with Crippen LogP contribution in [0.25, 0.3) is 50.4 Å². The van der Waals surface area contributed by atoms with Gasteiger partial charge in [-0.05, 0) is 31.5 Å². The predicted octanol–water partition coefficient (Wildman–Crippen LogP) is 3.76. The molecular weight excluding hydrogens is 390 g/mol. The monoisotopic (exact) mass is 407 g/mol. The molecule has 6 rings (SSSR count). The lowest BCUT2D eigenvalue weighted by Crippen LogP contribution is -1.92. The summed E-state index contributed by atoms with van der Waals surface area (Å²) in [5.41, 5.74) is 7.95. The minimum absolute atomic E-state index is 0.647. The molecule has 0 aliphatic rings. The van der Waals surface area contributed by atoms with Crippen molar-refractivity contribution in [3.05, 3.63) is 66.9 Å². The molecule has 0 unspecified atom stereocenters. The molecule has 0 fully saturated rings. The molecule has 6 aromatic rings. The Labute approximate surface area is 176 Å². The van der Waals surface area contributed by atoms with Crippen molar-refractivity contribution in [3.63, 3.8) is 0 Å². The molecule has 6 heterocycles. The summed E-state index contributed by atoms with van der Waals surface area (Å²) in [4.78, 5) is 25.7. The molecule has 9 heteroatoms. The van der Waals surface area contributed by atoms with Gasteiger partial charge in [0.15, 0.2) is 11.5 Å². The summed E-state index contributed by atoms with van der Waals surface area (Å²) in [7, 11) is 0. The Hall–Kier alpha value is -4.40. The Bertz CT molecular complexity index is 1570. The predicted molar refractivity (Wildman–Crippen MR) is 117 cm³/mol. The molecule has 31 heavy (non-hydrogen) atoms. The van der Waals surface area contributed by atoms with E-state index in [0.29, 0.717) is 17.2 Å². The summed E-state index contributed by atoms with van der Waals surface area (Å²) in [5.74, 6) is 0.647. The zero-order chi connectivity index (χ0) is 20.9. The van der Waals surface area contributed by atoms with E-state index in [4.69, 9.17) is 4.98 Å². The molecule has 150 valence electrons. The molecule has 0 radical (unpaired) electrons. The fourth-order valence-corrected chi connectivity index (χ4v) is 3.77. The van der Waals surface area contributed by atoms with E-state index in [0.717, 1.165) is 44.5 Å². The van der Waals surface area contributed by atoms with E-state index in [9.17, 15) is 0 Å². The highest BCUT2D eigenvalue weighted by molar-refractivity contribution is 5.94. The van der Waals surface area contributed by atoms with Gasteiger partial charge >= 0.3 is 0 Å². The van der Waals surface area contributed by atoms with E-state index in [1.807, 2.05) is 36.1 Å². The van der Waals surface area contributed by atoms with E-state index in [2.05, 4.69) is 48.1 Å². The van der Waals surface area contributed by atoms with Crippen LogP contribution in [0.4, 0.5) is 0 Å². The highest BCUT2D eigenvalue weighted by atomic mass is 15.2. The molecule has 9 nitrogen and oxygen atoms in total. The SMILES string of the molecule is Cc1cn(-c2cncc3[nH]c(-c4n[nH]c5ncc(-c6cnccc6C)cc45)nc23)cn1. The summed E-state index contributed by atoms with van der Waals surface area (Å²) < 4.78 is 1.92. The van der Waals surface area contributed by atoms with E-state index < -0.39 is 0 Å². The summed E-state index contributed by atoms with van der Waals surface area (Å²) in [6, 6.07) is 4.05. The van der Waals surface area contributed by atoms with Gasteiger partial charge in [0, 0.05) is 35.9 Å². The Morgan fingerprint density at radius 1 is 1.00 bits per heavy atom. The first-order chi connectivity index (χ1) is 15.2. The minimum atomic E-state index is 0.647. The number of fused-ring (bicyclic) bond motifs is 2. The third-order valence-corrected chi connectivity index (χ3v) is 5.36. The molecule has 0 aliphatic carbocycles. The summed E-state index contributed by atoms with van der Waals surface area (Å²) in [6.07, 6.45) is 12.7. The van der Waals surface area contributed by atoms with Crippen LogP contribution in [0.5, 0.6) is 0 Å². The zero-order valence-corrected chi connectivity index (χ0v) is 16.8. The number of aromatic amines is 2. The van der Waals surface area contributed by atoms with Gasteiger partial charge in [0.2, 0.25) is 0 Å². The topological polar surface area (TPSA) is 114 Å². The first-order valence-electron chi connectivity index (χ1n) is 9.77. The van der Waals surface area contributed by atoms with Crippen molar-refractivity contribution in [2.24, 2.45) is 0 Å². The van der Waals surface area contributed by atoms with Crippen LogP contribution >= 0.6 is 0 Å². The number of H-pyrrole nitrogens is 2. The number of hydrogen-bond donors (Lipinski definition) is 2. The lowest BCUT2D eigenvalue weighted by Gasteiger charge is -2.04. The smallest absolute Gasteiger partial charge is 0.159 e. The average Bonchev–Trinajstić information content (AvgIpc) is 3.50. The molecule has 0 saturated carbocycles. The van der Waals surface area contributed by atoms with Gasteiger partial charge in [-0.2, -0.15) is 5.10 Å².